The molecule has 1 saturated heterocycles. The highest BCUT2D eigenvalue weighted by Crippen LogP contribution is 2.26. The average molecular weight is 374 g/mol. The van der Waals surface area contributed by atoms with Crippen molar-refractivity contribution in [2.75, 3.05) is 18.6 Å². The molecule has 24 heavy (non-hydrogen) atoms. The largest absolute Gasteiger partial charge is 0.545 e. The predicted molar refractivity (Wildman–Crippen MR) is 84.4 cm³/mol. The van der Waals surface area contributed by atoms with Crippen molar-refractivity contribution in [2.45, 2.75) is 17.4 Å². The second-order valence-corrected chi connectivity index (χ2v) is 9.20. The van der Waals surface area contributed by atoms with Gasteiger partial charge in [0.1, 0.15) is 10.6 Å². The second kappa shape index (κ2) is 6.91. The third kappa shape index (κ3) is 4.56. The molecule has 1 N–H and O–H groups in total. The van der Waals surface area contributed by atoms with Gasteiger partial charge in [-0.2, -0.15) is 0 Å². The predicted octanol–water partition coefficient (Wildman–Crippen LogP) is -1.08. The summed E-state index contributed by atoms with van der Waals surface area (Å²) >= 11 is 0. The SMILES string of the molecule is COc1ccc(/C=C/C(=O)[O-])cc1S(=O)(=O)N[C@H]1CCS(=O)(=O)C1. The number of carbonyl (C=O) groups is 1. The summed E-state index contributed by atoms with van der Waals surface area (Å²) in [5.74, 6) is -1.66. The van der Waals surface area contributed by atoms with Crippen LogP contribution in [0.25, 0.3) is 6.08 Å². The van der Waals surface area contributed by atoms with Crippen LogP contribution in [-0.2, 0) is 24.7 Å². The summed E-state index contributed by atoms with van der Waals surface area (Å²) in [6, 6.07) is 3.41. The molecule has 0 aliphatic carbocycles. The number of rotatable bonds is 6. The van der Waals surface area contributed by atoms with Crippen molar-refractivity contribution in [1.82, 2.24) is 4.72 Å². The zero-order valence-corrected chi connectivity index (χ0v) is 14.4. The first-order chi connectivity index (χ1) is 11.1. The number of ether oxygens (including phenoxy) is 1. The minimum atomic E-state index is -4.03. The summed E-state index contributed by atoms with van der Waals surface area (Å²) in [5, 5.41) is 10.5. The Kier molecular flexibility index (Phi) is 5.31. The summed E-state index contributed by atoms with van der Waals surface area (Å²) < 4.78 is 55.4. The quantitative estimate of drug-likeness (QED) is 0.627. The van der Waals surface area contributed by atoms with Gasteiger partial charge in [0.2, 0.25) is 10.0 Å². The smallest absolute Gasteiger partial charge is 0.244 e. The fourth-order valence-electron chi connectivity index (χ4n) is 2.34. The molecule has 1 atom stereocenters. The van der Waals surface area contributed by atoms with Crippen LogP contribution in [0.4, 0.5) is 0 Å². The van der Waals surface area contributed by atoms with E-state index >= 15 is 0 Å². The van der Waals surface area contributed by atoms with E-state index in [9.17, 15) is 26.7 Å². The van der Waals surface area contributed by atoms with E-state index in [2.05, 4.69) is 4.72 Å². The van der Waals surface area contributed by atoms with Gasteiger partial charge in [-0.05, 0) is 30.2 Å². The number of aliphatic carboxylic acids is 1. The Morgan fingerprint density at radius 2 is 2.12 bits per heavy atom. The molecule has 0 spiro atoms. The Labute approximate surface area is 140 Å². The summed E-state index contributed by atoms with van der Waals surface area (Å²) in [5.41, 5.74) is 0.319. The van der Waals surface area contributed by atoms with Crippen LogP contribution in [-0.4, -0.2) is 47.5 Å². The lowest BCUT2D eigenvalue weighted by Crippen LogP contribution is -2.35. The fourth-order valence-corrected chi connectivity index (χ4v) is 5.60. The monoisotopic (exact) mass is 374 g/mol. The number of nitrogens with one attached hydrogen (secondary N) is 1. The van der Waals surface area contributed by atoms with Gasteiger partial charge >= 0.3 is 0 Å². The van der Waals surface area contributed by atoms with Crippen molar-refractivity contribution in [3.8, 4) is 5.75 Å². The molecule has 1 aromatic carbocycles. The number of hydrogen-bond acceptors (Lipinski definition) is 7. The van der Waals surface area contributed by atoms with Gasteiger partial charge in [-0.25, -0.2) is 21.6 Å². The minimum Gasteiger partial charge on any atom is -0.545 e. The van der Waals surface area contributed by atoms with Crippen LogP contribution in [0.1, 0.15) is 12.0 Å². The molecule has 2 rings (SSSR count). The average Bonchev–Trinajstić information content (AvgIpc) is 2.83. The molecule has 1 heterocycles. The molecular weight excluding hydrogens is 358 g/mol. The first kappa shape index (κ1) is 18.4. The van der Waals surface area contributed by atoms with Gasteiger partial charge in [-0.1, -0.05) is 12.1 Å². The Morgan fingerprint density at radius 1 is 1.42 bits per heavy atom. The van der Waals surface area contributed by atoms with Crippen LogP contribution in [0, 0.1) is 0 Å². The molecule has 1 aliphatic heterocycles. The molecule has 0 saturated carbocycles. The van der Waals surface area contributed by atoms with E-state index in [0.717, 1.165) is 6.08 Å². The number of sulfone groups is 1. The molecule has 1 aliphatic rings. The second-order valence-electron chi connectivity index (χ2n) is 5.28. The van der Waals surface area contributed by atoms with E-state index in [0.29, 0.717) is 5.56 Å². The molecule has 0 amide bonds. The maximum Gasteiger partial charge on any atom is 0.244 e. The highest BCUT2D eigenvalue weighted by Gasteiger charge is 2.32. The number of carboxylic acid groups (broad SMARTS) is 1. The van der Waals surface area contributed by atoms with Gasteiger partial charge in [0.25, 0.3) is 0 Å². The zero-order chi connectivity index (χ0) is 18.0. The highest BCUT2D eigenvalue weighted by atomic mass is 32.2. The van der Waals surface area contributed by atoms with E-state index in [1.54, 1.807) is 0 Å². The molecular formula is C14H16NO7S2-. The van der Waals surface area contributed by atoms with E-state index in [4.69, 9.17) is 4.74 Å². The minimum absolute atomic E-state index is 0.0638. The van der Waals surface area contributed by atoms with Crippen molar-refractivity contribution in [3.63, 3.8) is 0 Å². The Hall–Kier alpha value is -1.91. The van der Waals surface area contributed by atoms with Crippen molar-refractivity contribution < 1.29 is 31.5 Å². The van der Waals surface area contributed by atoms with Crippen molar-refractivity contribution in [1.29, 1.82) is 0 Å². The summed E-state index contributed by atoms with van der Waals surface area (Å²) in [4.78, 5) is 10.3. The molecule has 0 aromatic heterocycles. The number of benzene rings is 1. The van der Waals surface area contributed by atoms with E-state index < -0.39 is 31.9 Å². The van der Waals surface area contributed by atoms with Crippen molar-refractivity contribution in [3.05, 3.63) is 29.8 Å². The maximum atomic E-state index is 12.5. The normalized spacial score (nSPS) is 20.3. The lowest BCUT2D eigenvalue weighted by molar-refractivity contribution is -0.297. The Bertz CT molecular complexity index is 872. The van der Waals surface area contributed by atoms with Crippen LogP contribution in [0.2, 0.25) is 0 Å². The molecule has 1 aromatic rings. The van der Waals surface area contributed by atoms with Crippen LogP contribution in [0.15, 0.2) is 29.2 Å². The summed E-state index contributed by atoms with van der Waals surface area (Å²) in [7, 11) is -5.97. The van der Waals surface area contributed by atoms with Crippen LogP contribution < -0.4 is 14.6 Å². The Morgan fingerprint density at radius 3 is 2.67 bits per heavy atom. The number of carbonyl (C=O) groups excluding carboxylic acids is 1. The van der Waals surface area contributed by atoms with E-state index in [1.807, 2.05) is 0 Å². The van der Waals surface area contributed by atoms with E-state index in [1.165, 1.54) is 31.4 Å². The first-order valence-corrected chi connectivity index (χ1v) is 10.2. The van der Waals surface area contributed by atoms with E-state index in [-0.39, 0.29) is 28.6 Å². The molecule has 0 bridgehead atoms. The number of sulfonamides is 1. The van der Waals surface area contributed by atoms with Crippen LogP contribution in [0.3, 0.4) is 0 Å². The third-order valence-corrected chi connectivity index (χ3v) is 6.75. The van der Waals surface area contributed by atoms with Gasteiger partial charge in [0.05, 0.1) is 24.6 Å². The van der Waals surface area contributed by atoms with Crippen LogP contribution >= 0.6 is 0 Å². The molecule has 8 nitrogen and oxygen atoms in total. The molecule has 1 fully saturated rings. The zero-order valence-electron chi connectivity index (χ0n) is 12.8. The topological polar surface area (TPSA) is 130 Å². The van der Waals surface area contributed by atoms with Gasteiger partial charge in [0, 0.05) is 6.04 Å². The standard InChI is InChI=1S/C14H17NO7S2/c1-22-12-4-2-10(3-5-14(16)17)8-13(12)24(20,21)15-11-6-7-23(18,19)9-11/h2-5,8,11,15H,6-7,9H2,1H3,(H,16,17)/p-1/b5-3+/t11-/m0/s1. The van der Waals surface area contributed by atoms with Gasteiger partial charge in [-0.15, -0.1) is 0 Å². The Balaban J connectivity index is 2.33. The van der Waals surface area contributed by atoms with Crippen LogP contribution in [0.5, 0.6) is 5.75 Å². The summed E-state index contributed by atoms with van der Waals surface area (Å²) in [6.45, 7) is 0. The molecule has 0 unspecified atom stereocenters. The van der Waals surface area contributed by atoms with Gasteiger partial charge in [0.15, 0.2) is 9.84 Å². The number of carboxylic acids is 1. The van der Waals surface area contributed by atoms with Gasteiger partial charge in [-0.3, -0.25) is 0 Å². The van der Waals surface area contributed by atoms with Crippen molar-refractivity contribution >= 4 is 31.9 Å². The summed E-state index contributed by atoms with van der Waals surface area (Å²) in [6.07, 6.45) is 2.16. The third-order valence-electron chi connectivity index (χ3n) is 3.44. The molecule has 0 radical (unpaired) electrons. The molecule has 10 heteroatoms. The molecule has 132 valence electrons. The van der Waals surface area contributed by atoms with Gasteiger partial charge < -0.3 is 14.6 Å². The first-order valence-electron chi connectivity index (χ1n) is 6.93. The van der Waals surface area contributed by atoms with Crippen molar-refractivity contribution in [2.24, 2.45) is 0 Å². The number of methoxy groups -OCH3 is 1. The highest BCUT2D eigenvalue weighted by molar-refractivity contribution is 7.92. The lowest BCUT2D eigenvalue weighted by atomic mass is 10.2. The lowest BCUT2D eigenvalue weighted by Gasteiger charge is -2.14. The number of hydrogen-bond donors (Lipinski definition) is 1. The fraction of sp³-hybridized carbons (Fsp3) is 0.357. The maximum absolute atomic E-state index is 12.5.